The maximum atomic E-state index is 12.6. The topological polar surface area (TPSA) is 114 Å². The number of piperidine rings is 1. The highest BCUT2D eigenvalue weighted by Crippen LogP contribution is 2.37. The number of anilines is 1. The van der Waals surface area contributed by atoms with Gasteiger partial charge >= 0.3 is 18.2 Å². The van der Waals surface area contributed by atoms with E-state index in [-0.39, 0.29) is 32.0 Å². The number of nitriles is 1. The Kier molecular flexibility index (Phi) is 8.30. The number of amides is 2. The molecule has 1 saturated heterocycles. The van der Waals surface area contributed by atoms with Crippen molar-refractivity contribution in [1.82, 2.24) is 9.47 Å². The van der Waals surface area contributed by atoms with E-state index in [1.807, 2.05) is 18.4 Å². The van der Waals surface area contributed by atoms with Gasteiger partial charge in [-0.15, -0.1) is 0 Å². The maximum Gasteiger partial charge on any atom is 0.422 e. The standard InChI is InChI=1S/C23H29F3N4O5/c1-14-15(2)30(17-5-3-4-6-17)20(18(14)11-27)28-19(31)12-34-21(32)16-7-9-29(10-8-16)22(33)35-13-23(24,25)26/h16-17H,3-10,12-13H2,1-2H3,(H,28,31). The number of halogens is 3. The summed E-state index contributed by atoms with van der Waals surface area (Å²) in [4.78, 5) is 37.8. The fourth-order valence-electron chi connectivity index (χ4n) is 4.66. The molecule has 9 nitrogen and oxygen atoms in total. The summed E-state index contributed by atoms with van der Waals surface area (Å²) in [6.07, 6.45) is -1.26. The summed E-state index contributed by atoms with van der Waals surface area (Å²) in [6.45, 7) is 1.63. The van der Waals surface area contributed by atoms with E-state index in [1.54, 1.807) is 0 Å². The first-order chi connectivity index (χ1) is 16.5. The molecule has 0 atom stereocenters. The molecule has 192 valence electrons. The summed E-state index contributed by atoms with van der Waals surface area (Å²) in [7, 11) is 0. The van der Waals surface area contributed by atoms with Crippen LogP contribution in [0.4, 0.5) is 23.8 Å². The largest absolute Gasteiger partial charge is 0.455 e. The highest BCUT2D eigenvalue weighted by Gasteiger charge is 2.33. The van der Waals surface area contributed by atoms with Crippen molar-refractivity contribution in [3.05, 3.63) is 16.8 Å². The Morgan fingerprint density at radius 3 is 2.29 bits per heavy atom. The van der Waals surface area contributed by atoms with Gasteiger partial charge in [0, 0.05) is 24.8 Å². The summed E-state index contributed by atoms with van der Waals surface area (Å²) >= 11 is 0. The molecule has 2 aliphatic rings. The molecule has 1 aliphatic carbocycles. The van der Waals surface area contributed by atoms with Crippen molar-refractivity contribution in [2.45, 2.75) is 64.6 Å². The molecule has 35 heavy (non-hydrogen) atoms. The normalized spacial score (nSPS) is 17.2. The van der Waals surface area contributed by atoms with Crippen LogP contribution in [0.25, 0.3) is 0 Å². The fraction of sp³-hybridized carbons (Fsp3) is 0.652. The number of likely N-dealkylation sites (tertiary alicyclic amines) is 1. The maximum absolute atomic E-state index is 12.6. The Labute approximate surface area is 201 Å². The Balaban J connectivity index is 1.51. The minimum absolute atomic E-state index is 0.0433. The van der Waals surface area contributed by atoms with E-state index in [0.29, 0.717) is 11.4 Å². The Bertz CT molecular complexity index is 1000. The number of aromatic nitrogens is 1. The number of nitrogens with zero attached hydrogens (tertiary/aromatic N) is 3. The van der Waals surface area contributed by atoms with Gasteiger partial charge in [0.1, 0.15) is 11.9 Å². The monoisotopic (exact) mass is 498 g/mol. The van der Waals surface area contributed by atoms with E-state index in [2.05, 4.69) is 16.1 Å². The number of esters is 1. The van der Waals surface area contributed by atoms with E-state index in [9.17, 15) is 32.8 Å². The van der Waals surface area contributed by atoms with E-state index in [4.69, 9.17) is 4.74 Å². The highest BCUT2D eigenvalue weighted by molar-refractivity contribution is 5.94. The number of nitrogens with one attached hydrogen (secondary N) is 1. The minimum Gasteiger partial charge on any atom is -0.455 e. The number of hydrogen-bond donors (Lipinski definition) is 1. The van der Waals surface area contributed by atoms with Gasteiger partial charge in [0.05, 0.1) is 11.5 Å². The number of hydrogen-bond acceptors (Lipinski definition) is 6. The minimum atomic E-state index is -4.61. The van der Waals surface area contributed by atoms with Gasteiger partial charge in [0.25, 0.3) is 5.91 Å². The molecule has 1 saturated carbocycles. The van der Waals surface area contributed by atoms with Crippen LogP contribution in [-0.2, 0) is 19.1 Å². The third-order valence-corrected chi connectivity index (χ3v) is 6.61. The summed E-state index contributed by atoms with van der Waals surface area (Å²) in [5.74, 6) is -1.36. The van der Waals surface area contributed by atoms with Crippen LogP contribution in [-0.4, -0.2) is 59.9 Å². The quantitative estimate of drug-likeness (QED) is 0.594. The van der Waals surface area contributed by atoms with Crippen molar-refractivity contribution in [3.63, 3.8) is 0 Å². The number of alkyl halides is 3. The van der Waals surface area contributed by atoms with Crippen LogP contribution in [0.2, 0.25) is 0 Å². The molecule has 2 amide bonds. The molecule has 0 radical (unpaired) electrons. The summed E-state index contributed by atoms with van der Waals surface area (Å²) in [5, 5.41) is 12.4. The molecule has 1 aliphatic heterocycles. The second-order valence-electron chi connectivity index (χ2n) is 8.94. The number of rotatable bonds is 6. The molecule has 0 spiro atoms. The molecule has 1 N–H and O–H groups in total. The van der Waals surface area contributed by atoms with Gasteiger partial charge in [-0.3, -0.25) is 9.59 Å². The van der Waals surface area contributed by atoms with Crippen LogP contribution in [0.5, 0.6) is 0 Å². The SMILES string of the molecule is Cc1c(C#N)c(NC(=O)COC(=O)C2CCN(C(=O)OCC(F)(F)F)CC2)n(C2CCCC2)c1C. The van der Waals surface area contributed by atoms with Gasteiger partial charge in [-0.1, -0.05) is 12.8 Å². The lowest BCUT2D eigenvalue weighted by Crippen LogP contribution is -2.42. The zero-order chi connectivity index (χ0) is 25.8. The Hall–Kier alpha value is -3.23. The molecule has 0 aromatic carbocycles. The van der Waals surface area contributed by atoms with Crippen molar-refractivity contribution in [3.8, 4) is 6.07 Å². The third-order valence-electron chi connectivity index (χ3n) is 6.61. The molecule has 12 heteroatoms. The first-order valence-electron chi connectivity index (χ1n) is 11.6. The van der Waals surface area contributed by atoms with Gasteiger partial charge in [-0.2, -0.15) is 18.4 Å². The fourth-order valence-corrected chi connectivity index (χ4v) is 4.66. The molecule has 3 rings (SSSR count). The van der Waals surface area contributed by atoms with Crippen molar-refractivity contribution in [2.75, 3.05) is 31.6 Å². The van der Waals surface area contributed by atoms with Crippen molar-refractivity contribution in [1.29, 1.82) is 5.26 Å². The smallest absolute Gasteiger partial charge is 0.422 e. The molecule has 0 bridgehead atoms. The van der Waals surface area contributed by atoms with Crippen LogP contribution in [0.1, 0.15) is 61.4 Å². The van der Waals surface area contributed by atoms with E-state index in [1.165, 1.54) is 0 Å². The van der Waals surface area contributed by atoms with Crippen LogP contribution in [0, 0.1) is 31.1 Å². The van der Waals surface area contributed by atoms with Gasteiger partial charge in [0.15, 0.2) is 13.2 Å². The number of ether oxygens (including phenoxy) is 2. The molecule has 1 aromatic rings. The van der Waals surface area contributed by atoms with Gasteiger partial charge in [-0.25, -0.2) is 4.79 Å². The molecule has 2 heterocycles. The molecular weight excluding hydrogens is 469 g/mol. The van der Waals surface area contributed by atoms with Crippen LogP contribution < -0.4 is 5.32 Å². The zero-order valence-corrected chi connectivity index (χ0v) is 19.7. The van der Waals surface area contributed by atoms with Crippen molar-refractivity contribution in [2.24, 2.45) is 5.92 Å². The second-order valence-corrected chi connectivity index (χ2v) is 8.94. The van der Waals surface area contributed by atoms with Gasteiger partial charge in [0.2, 0.25) is 0 Å². The first-order valence-corrected chi connectivity index (χ1v) is 11.6. The van der Waals surface area contributed by atoms with E-state index < -0.39 is 43.3 Å². The Morgan fingerprint density at radius 1 is 1.09 bits per heavy atom. The predicted molar refractivity (Wildman–Crippen MR) is 117 cm³/mol. The van der Waals surface area contributed by atoms with Crippen LogP contribution in [0.3, 0.4) is 0 Å². The predicted octanol–water partition coefficient (Wildman–Crippen LogP) is 3.98. The zero-order valence-electron chi connectivity index (χ0n) is 19.7. The van der Waals surface area contributed by atoms with Crippen molar-refractivity contribution >= 4 is 23.8 Å². The summed E-state index contributed by atoms with van der Waals surface area (Å²) in [5.41, 5.74) is 2.10. The highest BCUT2D eigenvalue weighted by atomic mass is 19.4. The van der Waals surface area contributed by atoms with Crippen molar-refractivity contribution < 1.29 is 37.0 Å². The molecule has 2 fully saturated rings. The van der Waals surface area contributed by atoms with E-state index in [0.717, 1.165) is 41.8 Å². The van der Waals surface area contributed by atoms with Crippen LogP contribution >= 0.6 is 0 Å². The average molecular weight is 499 g/mol. The average Bonchev–Trinajstić information content (AvgIpc) is 3.42. The summed E-state index contributed by atoms with van der Waals surface area (Å²) in [6, 6.07) is 2.35. The molecular formula is C23H29F3N4O5. The lowest BCUT2D eigenvalue weighted by Gasteiger charge is -2.30. The number of carbonyl (C=O) groups is 3. The number of carbonyl (C=O) groups excluding carboxylic acids is 3. The molecule has 0 unspecified atom stereocenters. The third kappa shape index (κ3) is 6.46. The lowest BCUT2D eigenvalue weighted by atomic mass is 9.97. The van der Waals surface area contributed by atoms with Gasteiger partial charge < -0.3 is 24.3 Å². The van der Waals surface area contributed by atoms with Gasteiger partial charge in [-0.05, 0) is 45.1 Å². The Morgan fingerprint density at radius 2 is 1.71 bits per heavy atom. The second kappa shape index (κ2) is 11.0. The first kappa shape index (κ1) is 26.4. The van der Waals surface area contributed by atoms with Crippen LogP contribution in [0.15, 0.2) is 0 Å². The van der Waals surface area contributed by atoms with E-state index >= 15 is 0 Å². The summed E-state index contributed by atoms with van der Waals surface area (Å²) < 4.78 is 48.0. The molecule has 1 aromatic heterocycles. The lowest BCUT2D eigenvalue weighted by molar-refractivity contribution is -0.163.